The van der Waals surface area contributed by atoms with E-state index in [1.807, 2.05) is 6.07 Å². The number of nitrogens with zero attached hydrogens (tertiary/aromatic N) is 5. The lowest BCUT2D eigenvalue weighted by Crippen LogP contribution is -2.27. The number of halogens is 2. The molecule has 1 N–H and O–H groups in total. The summed E-state index contributed by atoms with van der Waals surface area (Å²) in [5.41, 5.74) is 1.27. The molecule has 2 aromatic carbocycles. The molecular weight excluding hydrogens is 467 g/mol. The van der Waals surface area contributed by atoms with Gasteiger partial charge in [0.05, 0.1) is 29.2 Å². The highest BCUT2D eigenvalue weighted by molar-refractivity contribution is 7.99. The fourth-order valence-electron chi connectivity index (χ4n) is 3.68. The van der Waals surface area contributed by atoms with Gasteiger partial charge in [-0.1, -0.05) is 23.4 Å². The maximum absolute atomic E-state index is 13.3. The fraction of sp³-hybridized carbons (Fsp3) is 0.136. The fourth-order valence-corrected chi connectivity index (χ4v) is 4.99. The van der Waals surface area contributed by atoms with Crippen LogP contribution >= 0.6 is 23.4 Å². The second-order valence-electron chi connectivity index (χ2n) is 7.36. The highest BCUT2D eigenvalue weighted by Gasteiger charge is 2.29. The molecular formula is C22H14ClFN6O2S. The van der Waals surface area contributed by atoms with Crippen molar-refractivity contribution in [2.45, 2.75) is 17.6 Å². The van der Waals surface area contributed by atoms with E-state index in [1.54, 1.807) is 18.2 Å². The highest BCUT2D eigenvalue weighted by Crippen LogP contribution is 2.34. The Bertz CT molecular complexity index is 1510. The molecule has 1 unspecified atom stereocenters. The van der Waals surface area contributed by atoms with Gasteiger partial charge >= 0.3 is 0 Å². The Morgan fingerprint density at radius 3 is 2.85 bits per heavy atom. The van der Waals surface area contributed by atoms with Crippen molar-refractivity contribution in [1.82, 2.24) is 19.3 Å². The zero-order valence-electron chi connectivity index (χ0n) is 16.8. The van der Waals surface area contributed by atoms with Gasteiger partial charge in [-0.3, -0.25) is 14.2 Å². The van der Waals surface area contributed by atoms with E-state index in [1.165, 1.54) is 51.5 Å². The summed E-state index contributed by atoms with van der Waals surface area (Å²) in [7, 11) is 0. The molecule has 1 aliphatic heterocycles. The van der Waals surface area contributed by atoms with Gasteiger partial charge in [0, 0.05) is 17.2 Å². The number of carbonyl (C=O) groups is 1. The summed E-state index contributed by atoms with van der Waals surface area (Å²) >= 11 is 7.35. The van der Waals surface area contributed by atoms with Gasteiger partial charge in [-0.2, -0.15) is 10.4 Å². The Hall–Kier alpha value is -3.68. The predicted octanol–water partition coefficient (Wildman–Crippen LogP) is 3.92. The van der Waals surface area contributed by atoms with E-state index in [0.29, 0.717) is 43.9 Å². The third-order valence-corrected chi connectivity index (χ3v) is 6.57. The summed E-state index contributed by atoms with van der Waals surface area (Å²) < 4.78 is 16.3. The molecule has 0 saturated carbocycles. The van der Waals surface area contributed by atoms with Crippen LogP contribution in [0.15, 0.2) is 58.6 Å². The number of hydrogen-bond acceptors (Lipinski definition) is 6. The van der Waals surface area contributed by atoms with Crippen LogP contribution in [-0.4, -0.2) is 31.0 Å². The average Bonchev–Trinajstić information content (AvgIpc) is 3.39. The quantitative estimate of drug-likeness (QED) is 0.444. The molecule has 0 radical (unpaired) electrons. The van der Waals surface area contributed by atoms with E-state index in [4.69, 9.17) is 11.6 Å². The number of hydrogen-bond donors (Lipinski definition) is 1. The summed E-state index contributed by atoms with van der Waals surface area (Å²) in [5.74, 6) is -0.228. The van der Waals surface area contributed by atoms with Crippen molar-refractivity contribution < 1.29 is 9.18 Å². The van der Waals surface area contributed by atoms with Crippen molar-refractivity contribution in [3.8, 4) is 11.8 Å². The minimum Gasteiger partial charge on any atom is -0.325 e. The molecule has 1 aliphatic rings. The molecule has 1 amide bonds. The van der Waals surface area contributed by atoms with Gasteiger partial charge in [-0.05, 0) is 42.5 Å². The maximum atomic E-state index is 13.3. The molecule has 0 bridgehead atoms. The van der Waals surface area contributed by atoms with Crippen LogP contribution in [0.3, 0.4) is 0 Å². The predicted molar refractivity (Wildman–Crippen MR) is 122 cm³/mol. The van der Waals surface area contributed by atoms with E-state index in [2.05, 4.69) is 15.4 Å². The molecule has 5 rings (SSSR count). The number of nitriles is 1. The third-order valence-electron chi connectivity index (χ3n) is 5.24. The molecule has 0 spiro atoms. The molecule has 4 aromatic rings. The number of amides is 1. The lowest BCUT2D eigenvalue weighted by atomic mass is 10.1. The molecule has 164 valence electrons. The Balaban J connectivity index is 1.44. The molecule has 0 fully saturated rings. The van der Waals surface area contributed by atoms with Crippen molar-refractivity contribution in [2.75, 3.05) is 11.1 Å². The first-order valence-electron chi connectivity index (χ1n) is 9.83. The normalized spacial score (nSPS) is 14.8. The van der Waals surface area contributed by atoms with Crippen LogP contribution in [-0.2, 0) is 4.79 Å². The van der Waals surface area contributed by atoms with E-state index < -0.39 is 6.04 Å². The van der Waals surface area contributed by atoms with Gasteiger partial charge in [0.2, 0.25) is 5.91 Å². The summed E-state index contributed by atoms with van der Waals surface area (Å²) in [5, 5.41) is 17.4. The zero-order chi connectivity index (χ0) is 23.1. The van der Waals surface area contributed by atoms with Crippen molar-refractivity contribution in [3.05, 3.63) is 75.4 Å². The average molecular weight is 481 g/mol. The summed E-state index contributed by atoms with van der Waals surface area (Å²) in [6.45, 7) is 0. The Morgan fingerprint density at radius 1 is 1.30 bits per heavy atom. The maximum Gasteiger partial charge on any atom is 0.265 e. The number of fused-ring (bicyclic) bond motifs is 2. The summed E-state index contributed by atoms with van der Waals surface area (Å²) in [4.78, 5) is 30.5. The van der Waals surface area contributed by atoms with E-state index in [9.17, 15) is 19.2 Å². The number of nitrogens with one attached hydrogen (secondary N) is 1. The minimum absolute atomic E-state index is 0.0244. The van der Waals surface area contributed by atoms with Gasteiger partial charge in [0.1, 0.15) is 17.3 Å². The van der Waals surface area contributed by atoms with Crippen LogP contribution in [0.25, 0.3) is 16.7 Å². The Kier molecular flexibility index (Phi) is 5.36. The highest BCUT2D eigenvalue weighted by atomic mass is 35.5. The smallest absolute Gasteiger partial charge is 0.265 e. The Labute approximate surface area is 195 Å². The van der Waals surface area contributed by atoms with Crippen molar-refractivity contribution in [2.24, 2.45) is 0 Å². The number of thioether (sulfide) groups is 1. The van der Waals surface area contributed by atoms with Gasteiger partial charge in [0.25, 0.3) is 5.56 Å². The Morgan fingerprint density at radius 2 is 2.09 bits per heavy atom. The molecule has 3 heterocycles. The number of benzene rings is 2. The number of carbonyl (C=O) groups excluding carboxylic acids is 1. The topological polar surface area (TPSA) is 106 Å². The molecule has 33 heavy (non-hydrogen) atoms. The van der Waals surface area contributed by atoms with Crippen molar-refractivity contribution in [3.63, 3.8) is 0 Å². The van der Waals surface area contributed by atoms with E-state index in [-0.39, 0.29) is 23.7 Å². The van der Waals surface area contributed by atoms with Gasteiger partial charge < -0.3 is 5.32 Å². The summed E-state index contributed by atoms with van der Waals surface area (Å²) in [6.07, 6.45) is 1.45. The van der Waals surface area contributed by atoms with Gasteiger partial charge in [0.15, 0.2) is 10.8 Å². The first-order valence-corrected chi connectivity index (χ1v) is 11.2. The monoisotopic (exact) mass is 480 g/mol. The number of anilines is 1. The van der Waals surface area contributed by atoms with Gasteiger partial charge in [-0.15, -0.1) is 0 Å². The van der Waals surface area contributed by atoms with Crippen LogP contribution in [0.5, 0.6) is 0 Å². The molecule has 0 aliphatic carbocycles. The van der Waals surface area contributed by atoms with Crippen LogP contribution in [0.2, 0.25) is 5.02 Å². The van der Waals surface area contributed by atoms with Gasteiger partial charge in [-0.25, -0.2) is 14.1 Å². The first-order chi connectivity index (χ1) is 15.9. The molecule has 11 heteroatoms. The van der Waals surface area contributed by atoms with E-state index in [0.717, 1.165) is 0 Å². The van der Waals surface area contributed by atoms with Crippen LogP contribution in [0, 0.1) is 17.1 Å². The van der Waals surface area contributed by atoms with E-state index >= 15 is 0 Å². The van der Waals surface area contributed by atoms with Crippen molar-refractivity contribution >= 4 is 46.0 Å². The second kappa shape index (κ2) is 8.35. The first kappa shape index (κ1) is 21.2. The lowest BCUT2D eigenvalue weighted by Gasteiger charge is -2.14. The van der Waals surface area contributed by atoms with Crippen molar-refractivity contribution in [1.29, 1.82) is 5.26 Å². The van der Waals surface area contributed by atoms with Crippen LogP contribution in [0.4, 0.5) is 10.1 Å². The standard InChI is InChI=1S/C22H14ClFN6O2S/c23-13-2-1-12(9-25)18(7-13)27-19(31)8-16-11-33-22-28-20-17(21(32)29(16)22)10-26-30(20)15-5-3-14(24)4-6-15/h1-7,10,16H,8,11H2,(H,27,31). The zero-order valence-corrected chi connectivity index (χ0v) is 18.4. The summed E-state index contributed by atoms with van der Waals surface area (Å²) in [6, 6.07) is 11.9. The number of aromatic nitrogens is 4. The molecule has 0 saturated heterocycles. The largest absolute Gasteiger partial charge is 0.325 e. The van der Waals surface area contributed by atoms with Crippen LogP contribution < -0.4 is 10.9 Å². The second-order valence-corrected chi connectivity index (χ2v) is 8.78. The minimum atomic E-state index is -0.409. The SMILES string of the molecule is N#Cc1ccc(Cl)cc1NC(=O)CC1CSc2nc3c(cnn3-c3ccc(F)cc3)c(=O)n21. The lowest BCUT2D eigenvalue weighted by molar-refractivity contribution is -0.116. The molecule has 8 nitrogen and oxygen atoms in total. The number of rotatable bonds is 4. The molecule has 2 aromatic heterocycles. The molecule has 1 atom stereocenters. The van der Waals surface area contributed by atoms with Crippen LogP contribution in [0.1, 0.15) is 18.0 Å². The third kappa shape index (κ3) is 3.86.